The summed E-state index contributed by atoms with van der Waals surface area (Å²) in [5.74, 6) is -1.53. The molecule has 132 valence electrons. The van der Waals surface area contributed by atoms with Crippen molar-refractivity contribution in [2.45, 2.75) is 33.7 Å². The van der Waals surface area contributed by atoms with Crippen molar-refractivity contribution in [2.75, 3.05) is 13.2 Å². The number of rotatable bonds is 8. The van der Waals surface area contributed by atoms with Crippen molar-refractivity contribution in [2.24, 2.45) is 11.8 Å². The molecular formula is C18H26N2O4. The van der Waals surface area contributed by atoms with Crippen LogP contribution in [0.3, 0.4) is 0 Å². The van der Waals surface area contributed by atoms with Crippen molar-refractivity contribution < 1.29 is 19.1 Å². The van der Waals surface area contributed by atoms with Gasteiger partial charge in [-0.3, -0.25) is 14.4 Å². The van der Waals surface area contributed by atoms with E-state index in [4.69, 9.17) is 4.74 Å². The van der Waals surface area contributed by atoms with Crippen molar-refractivity contribution in [3.05, 3.63) is 35.9 Å². The SMILES string of the molecule is CCOC(=O)CNC(=O)C(C(C)C)C(NC(C)=O)c1ccccc1. The van der Waals surface area contributed by atoms with Gasteiger partial charge in [-0.1, -0.05) is 44.2 Å². The summed E-state index contributed by atoms with van der Waals surface area (Å²) in [4.78, 5) is 35.7. The molecule has 0 heterocycles. The smallest absolute Gasteiger partial charge is 0.325 e. The molecule has 2 atom stereocenters. The minimum atomic E-state index is -0.509. The average Bonchev–Trinajstić information content (AvgIpc) is 2.52. The van der Waals surface area contributed by atoms with E-state index in [1.807, 2.05) is 44.2 Å². The molecule has 1 aromatic carbocycles. The van der Waals surface area contributed by atoms with Crippen LogP contribution in [0.15, 0.2) is 30.3 Å². The number of benzene rings is 1. The van der Waals surface area contributed by atoms with Crippen LogP contribution in [0.5, 0.6) is 0 Å². The second-order valence-corrected chi connectivity index (χ2v) is 5.88. The summed E-state index contributed by atoms with van der Waals surface area (Å²) in [6.45, 7) is 7.03. The predicted molar refractivity (Wildman–Crippen MR) is 91.0 cm³/mol. The van der Waals surface area contributed by atoms with E-state index in [2.05, 4.69) is 10.6 Å². The van der Waals surface area contributed by atoms with Gasteiger partial charge in [0, 0.05) is 6.92 Å². The van der Waals surface area contributed by atoms with E-state index in [1.165, 1.54) is 6.92 Å². The third-order valence-corrected chi connectivity index (χ3v) is 3.61. The Morgan fingerprint density at radius 3 is 2.25 bits per heavy atom. The quantitative estimate of drug-likeness (QED) is 0.710. The van der Waals surface area contributed by atoms with Crippen LogP contribution in [0.1, 0.15) is 39.3 Å². The van der Waals surface area contributed by atoms with Crippen LogP contribution in [-0.2, 0) is 19.1 Å². The molecule has 0 aliphatic heterocycles. The Hall–Kier alpha value is -2.37. The molecule has 0 aliphatic carbocycles. The first-order chi connectivity index (χ1) is 11.4. The molecule has 0 fully saturated rings. The molecular weight excluding hydrogens is 308 g/mol. The van der Waals surface area contributed by atoms with Crippen LogP contribution in [-0.4, -0.2) is 30.9 Å². The molecule has 0 spiro atoms. The van der Waals surface area contributed by atoms with Gasteiger partial charge in [-0.2, -0.15) is 0 Å². The maximum absolute atomic E-state index is 12.6. The van der Waals surface area contributed by atoms with Gasteiger partial charge >= 0.3 is 5.97 Å². The van der Waals surface area contributed by atoms with Crippen LogP contribution >= 0.6 is 0 Å². The fraction of sp³-hybridized carbons (Fsp3) is 0.500. The van der Waals surface area contributed by atoms with Gasteiger partial charge in [0.15, 0.2) is 0 Å². The van der Waals surface area contributed by atoms with Crippen LogP contribution in [0.4, 0.5) is 0 Å². The van der Waals surface area contributed by atoms with E-state index in [0.29, 0.717) is 0 Å². The molecule has 2 unspecified atom stereocenters. The standard InChI is InChI=1S/C18H26N2O4/c1-5-24-15(22)11-19-18(23)16(12(2)3)17(20-13(4)21)14-9-7-6-8-10-14/h6-10,12,16-17H,5,11H2,1-4H3,(H,19,23)(H,20,21). The number of ether oxygens (including phenoxy) is 1. The zero-order valence-corrected chi connectivity index (χ0v) is 14.7. The first-order valence-electron chi connectivity index (χ1n) is 8.12. The van der Waals surface area contributed by atoms with Crippen LogP contribution in [0.25, 0.3) is 0 Å². The third-order valence-electron chi connectivity index (χ3n) is 3.61. The van der Waals surface area contributed by atoms with Gasteiger partial charge in [-0.25, -0.2) is 0 Å². The van der Waals surface area contributed by atoms with E-state index in [1.54, 1.807) is 6.92 Å². The van der Waals surface area contributed by atoms with Crippen LogP contribution in [0.2, 0.25) is 0 Å². The van der Waals surface area contributed by atoms with Gasteiger partial charge in [0.2, 0.25) is 11.8 Å². The summed E-state index contributed by atoms with van der Waals surface area (Å²) >= 11 is 0. The molecule has 1 rings (SSSR count). The maximum Gasteiger partial charge on any atom is 0.325 e. The lowest BCUT2D eigenvalue weighted by atomic mass is 9.83. The summed E-state index contributed by atoms with van der Waals surface area (Å²) in [6.07, 6.45) is 0. The molecule has 6 heteroatoms. The highest BCUT2D eigenvalue weighted by Gasteiger charge is 2.33. The number of carbonyl (C=O) groups is 3. The van der Waals surface area contributed by atoms with Crippen molar-refractivity contribution in [3.8, 4) is 0 Å². The fourth-order valence-electron chi connectivity index (χ4n) is 2.59. The van der Waals surface area contributed by atoms with E-state index in [-0.39, 0.29) is 30.9 Å². The molecule has 0 aromatic heterocycles. The minimum absolute atomic E-state index is 0.0377. The lowest BCUT2D eigenvalue weighted by molar-refractivity contribution is -0.144. The topological polar surface area (TPSA) is 84.5 Å². The predicted octanol–water partition coefficient (Wildman–Crippen LogP) is 1.82. The summed E-state index contributed by atoms with van der Waals surface area (Å²) < 4.78 is 4.82. The highest BCUT2D eigenvalue weighted by atomic mass is 16.5. The molecule has 0 aliphatic rings. The first kappa shape index (κ1) is 19.7. The van der Waals surface area contributed by atoms with Crippen molar-refractivity contribution >= 4 is 17.8 Å². The number of hydrogen-bond acceptors (Lipinski definition) is 4. The van der Waals surface area contributed by atoms with Crippen LogP contribution < -0.4 is 10.6 Å². The summed E-state index contributed by atoms with van der Waals surface area (Å²) in [6, 6.07) is 8.87. The Bertz CT molecular complexity index is 557. The molecule has 2 amide bonds. The fourth-order valence-corrected chi connectivity index (χ4v) is 2.59. The number of hydrogen-bond donors (Lipinski definition) is 2. The zero-order valence-electron chi connectivity index (χ0n) is 14.7. The highest BCUT2D eigenvalue weighted by Crippen LogP contribution is 2.28. The van der Waals surface area contributed by atoms with Gasteiger partial charge in [0.25, 0.3) is 0 Å². The normalized spacial score (nSPS) is 13.0. The summed E-state index contributed by atoms with van der Waals surface area (Å²) in [5.41, 5.74) is 0.845. The number of nitrogens with one attached hydrogen (secondary N) is 2. The lowest BCUT2D eigenvalue weighted by Gasteiger charge is -2.30. The molecule has 0 bridgehead atoms. The largest absolute Gasteiger partial charge is 0.465 e. The van der Waals surface area contributed by atoms with Crippen molar-refractivity contribution in [3.63, 3.8) is 0 Å². The van der Waals surface area contributed by atoms with Gasteiger partial charge in [0.1, 0.15) is 6.54 Å². The second kappa shape index (κ2) is 9.70. The summed E-state index contributed by atoms with van der Waals surface area (Å²) in [7, 11) is 0. The Kier molecular flexibility index (Phi) is 7.95. The second-order valence-electron chi connectivity index (χ2n) is 5.88. The minimum Gasteiger partial charge on any atom is -0.465 e. The number of esters is 1. The Balaban J connectivity index is 2.97. The Morgan fingerprint density at radius 2 is 1.75 bits per heavy atom. The monoisotopic (exact) mass is 334 g/mol. The van der Waals surface area contributed by atoms with Gasteiger partial charge in [-0.15, -0.1) is 0 Å². The molecule has 2 N–H and O–H groups in total. The average molecular weight is 334 g/mol. The number of carbonyl (C=O) groups excluding carboxylic acids is 3. The molecule has 6 nitrogen and oxygen atoms in total. The van der Waals surface area contributed by atoms with E-state index in [9.17, 15) is 14.4 Å². The van der Waals surface area contributed by atoms with E-state index < -0.39 is 17.9 Å². The Labute approximate surface area is 143 Å². The summed E-state index contributed by atoms with van der Waals surface area (Å²) in [5, 5.41) is 5.46. The van der Waals surface area contributed by atoms with E-state index >= 15 is 0 Å². The molecule has 0 saturated heterocycles. The van der Waals surface area contributed by atoms with Gasteiger partial charge in [-0.05, 0) is 18.4 Å². The zero-order chi connectivity index (χ0) is 18.1. The molecule has 0 radical (unpaired) electrons. The maximum atomic E-state index is 12.6. The van der Waals surface area contributed by atoms with Crippen molar-refractivity contribution in [1.82, 2.24) is 10.6 Å². The Morgan fingerprint density at radius 1 is 1.12 bits per heavy atom. The van der Waals surface area contributed by atoms with Crippen LogP contribution in [0, 0.1) is 11.8 Å². The van der Waals surface area contributed by atoms with Gasteiger partial charge in [0.05, 0.1) is 18.6 Å². The molecule has 0 saturated carbocycles. The highest BCUT2D eigenvalue weighted by molar-refractivity contribution is 5.85. The molecule has 1 aromatic rings. The lowest BCUT2D eigenvalue weighted by Crippen LogP contribution is -2.44. The number of amides is 2. The van der Waals surface area contributed by atoms with Crippen molar-refractivity contribution in [1.29, 1.82) is 0 Å². The molecule has 24 heavy (non-hydrogen) atoms. The third kappa shape index (κ3) is 6.02. The van der Waals surface area contributed by atoms with Gasteiger partial charge < -0.3 is 15.4 Å². The van der Waals surface area contributed by atoms with E-state index in [0.717, 1.165) is 5.56 Å². The first-order valence-corrected chi connectivity index (χ1v) is 8.12.